The van der Waals surface area contributed by atoms with Gasteiger partial charge in [0.15, 0.2) is 0 Å². The summed E-state index contributed by atoms with van der Waals surface area (Å²) in [5.41, 5.74) is 2.32. The molecular formula is C14H17NO2. The van der Waals surface area contributed by atoms with E-state index in [2.05, 4.69) is 24.0 Å². The van der Waals surface area contributed by atoms with Crippen molar-refractivity contribution in [3.05, 3.63) is 36.0 Å². The fourth-order valence-corrected chi connectivity index (χ4v) is 1.70. The van der Waals surface area contributed by atoms with Crippen molar-refractivity contribution in [3.8, 4) is 17.4 Å². The topological polar surface area (TPSA) is 35.3 Å². The van der Waals surface area contributed by atoms with E-state index >= 15 is 0 Å². The van der Waals surface area contributed by atoms with Gasteiger partial charge in [-0.2, -0.15) is 0 Å². The highest BCUT2D eigenvalue weighted by molar-refractivity contribution is 5.53. The molecule has 0 saturated carbocycles. The summed E-state index contributed by atoms with van der Waals surface area (Å²) in [5, 5.41) is 0. The van der Waals surface area contributed by atoms with Gasteiger partial charge in [0.05, 0.1) is 6.61 Å². The lowest BCUT2D eigenvalue weighted by atomic mass is 10.1. The Hall–Kier alpha value is -1.77. The number of hydrogen-bond acceptors (Lipinski definition) is 3. The van der Waals surface area contributed by atoms with Gasteiger partial charge in [0.2, 0.25) is 5.89 Å². The zero-order chi connectivity index (χ0) is 12.1. The van der Waals surface area contributed by atoms with Gasteiger partial charge in [-0.1, -0.05) is 25.5 Å². The van der Waals surface area contributed by atoms with Crippen LogP contribution >= 0.6 is 0 Å². The average molecular weight is 231 g/mol. The fourth-order valence-electron chi connectivity index (χ4n) is 1.70. The highest BCUT2D eigenvalue weighted by Gasteiger charge is 2.06. The summed E-state index contributed by atoms with van der Waals surface area (Å²) in [5.74, 6) is 1.08. The molecule has 0 saturated heterocycles. The van der Waals surface area contributed by atoms with Crippen LogP contribution in [0.3, 0.4) is 0 Å². The molecule has 0 unspecified atom stereocenters. The second-order valence-corrected chi connectivity index (χ2v) is 3.86. The summed E-state index contributed by atoms with van der Waals surface area (Å²) in [6, 6.07) is 8.30. The molecule has 1 heterocycles. The number of benzene rings is 1. The molecule has 2 rings (SSSR count). The summed E-state index contributed by atoms with van der Waals surface area (Å²) in [6.07, 6.45) is 3.88. The molecule has 0 N–H and O–H groups in total. The van der Waals surface area contributed by atoms with Crippen LogP contribution in [0.25, 0.3) is 11.5 Å². The largest absolute Gasteiger partial charge is 0.464 e. The van der Waals surface area contributed by atoms with E-state index in [-0.39, 0.29) is 0 Å². The quantitative estimate of drug-likeness (QED) is 0.787. The lowest BCUT2D eigenvalue weighted by Crippen LogP contribution is -1.88. The summed E-state index contributed by atoms with van der Waals surface area (Å²) < 4.78 is 10.7. The molecule has 1 aromatic carbocycles. The van der Waals surface area contributed by atoms with E-state index in [1.54, 1.807) is 6.20 Å². The van der Waals surface area contributed by atoms with E-state index < -0.39 is 0 Å². The number of aryl methyl sites for hydroxylation is 1. The second-order valence-electron chi connectivity index (χ2n) is 3.86. The van der Waals surface area contributed by atoms with Crippen LogP contribution in [0, 0.1) is 0 Å². The van der Waals surface area contributed by atoms with Crippen LogP contribution in [-0.4, -0.2) is 11.6 Å². The second kappa shape index (κ2) is 5.53. The Bertz CT molecular complexity index is 459. The molecule has 2 aromatic rings. The molecule has 0 bridgehead atoms. The lowest BCUT2D eigenvalue weighted by Gasteiger charge is -2.00. The van der Waals surface area contributed by atoms with Crippen molar-refractivity contribution in [2.24, 2.45) is 0 Å². The monoisotopic (exact) mass is 231 g/mol. The smallest absolute Gasteiger partial charge is 0.305 e. The van der Waals surface area contributed by atoms with Crippen LogP contribution in [0.15, 0.2) is 34.9 Å². The van der Waals surface area contributed by atoms with Crippen LogP contribution < -0.4 is 4.74 Å². The minimum absolute atomic E-state index is 0.472. The van der Waals surface area contributed by atoms with Crippen LogP contribution in [0.5, 0.6) is 5.95 Å². The molecule has 3 nitrogen and oxygen atoms in total. The van der Waals surface area contributed by atoms with Crippen molar-refractivity contribution in [2.75, 3.05) is 6.61 Å². The van der Waals surface area contributed by atoms with Gasteiger partial charge in [0, 0.05) is 5.56 Å². The van der Waals surface area contributed by atoms with E-state index in [0.717, 1.165) is 18.4 Å². The Balaban J connectivity index is 2.15. The first kappa shape index (κ1) is 11.7. The average Bonchev–Trinajstić information content (AvgIpc) is 2.80. The maximum atomic E-state index is 5.48. The van der Waals surface area contributed by atoms with Gasteiger partial charge < -0.3 is 9.15 Å². The van der Waals surface area contributed by atoms with Gasteiger partial charge in [-0.05, 0) is 31.0 Å². The number of aromatic nitrogens is 1. The Morgan fingerprint density at radius 3 is 2.59 bits per heavy atom. The maximum absolute atomic E-state index is 5.48. The summed E-state index contributed by atoms with van der Waals surface area (Å²) >= 11 is 0. The minimum Gasteiger partial charge on any atom is -0.464 e. The van der Waals surface area contributed by atoms with Gasteiger partial charge in [-0.15, -0.1) is 0 Å². The van der Waals surface area contributed by atoms with Crippen molar-refractivity contribution in [2.45, 2.75) is 26.7 Å². The molecule has 90 valence electrons. The van der Waals surface area contributed by atoms with Gasteiger partial charge in [-0.3, -0.25) is 0 Å². The Morgan fingerprint density at radius 2 is 1.94 bits per heavy atom. The SMILES string of the molecule is CCCc1ccc(-c2ncc(OCC)o2)cc1. The molecule has 3 heteroatoms. The minimum atomic E-state index is 0.472. The van der Waals surface area contributed by atoms with E-state index in [4.69, 9.17) is 9.15 Å². The molecule has 0 aliphatic carbocycles. The highest BCUT2D eigenvalue weighted by Crippen LogP contribution is 2.23. The van der Waals surface area contributed by atoms with Crippen molar-refractivity contribution in [1.29, 1.82) is 0 Å². The van der Waals surface area contributed by atoms with E-state index in [9.17, 15) is 0 Å². The first-order valence-corrected chi connectivity index (χ1v) is 6.01. The highest BCUT2D eigenvalue weighted by atomic mass is 16.6. The number of ether oxygens (including phenoxy) is 1. The molecule has 0 atom stereocenters. The molecule has 1 aromatic heterocycles. The van der Waals surface area contributed by atoms with Crippen molar-refractivity contribution >= 4 is 0 Å². The van der Waals surface area contributed by atoms with Gasteiger partial charge in [0.1, 0.15) is 6.20 Å². The van der Waals surface area contributed by atoms with Crippen LogP contribution in [0.2, 0.25) is 0 Å². The Kier molecular flexibility index (Phi) is 3.81. The molecular weight excluding hydrogens is 214 g/mol. The normalized spacial score (nSPS) is 10.5. The number of nitrogens with zero attached hydrogens (tertiary/aromatic N) is 1. The zero-order valence-corrected chi connectivity index (χ0v) is 10.3. The third kappa shape index (κ3) is 2.87. The third-order valence-electron chi connectivity index (χ3n) is 2.51. The predicted octanol–water partition coefficient (Wildman–Crippen LogP) is 3.69. The van der Waals surface area contributed by atoms with Crippen LogP contribution in [-0.2, 0) is 6.42 Å². The number of oxazole rings is 1. The Labute approximate surface area is 101 Å². The molecule has 17 heavy (non-hydrogen) atoms. The maximum Gasteiger partial charge on any atom is 0.305 e. The lowest BCUT2D eigenvalue weighted by molar-refractivity contribution is 0.260. The third-order valence-corrected chi connectivity index (χ3v) is 2.51. The Morgan fingerprint density at radius 1 is 1.18 bits per heavy atom. The predicted molar refractivity (Wildman–Crippen MR) is 67.1 cm³/mol. The van der Waals surface area contributed by atoms with Crippen molar-refractivity contribution in [1.82, 2.24) is 4.98 Å². The van der Waals surface area contributed by atoms with E-state index in [0.29, 0.717) is 18.4 Å². The molecule has 0 spiro atoms. The zero-order valence-electron chi connectivity index (χ0n) is 10.3. The molecule has 0 fully saturated rings. The fraction of sp³-hybridized carbons (Fsp3) is 0.357. The standard InChI is InChI=1S/C14H17NO2/c1-3-5-11-6-8-12(9-7-11)14-15-10-13(17-14)16-4-2/h6-10H,3-5H2,1-2H3. The van der Waals surface area contributed by atoms with Gasteiger partial charge in [0.25, 0.3) is 0 Å². The molecule has 0 radical (unpaired) electrons. The molecule has 0 aliphatic heterocycles. The van der Waals surface area contributed by atoms with Crippen molar-refractivity contribution < 1.29 is 9.15 Å². The molecule has 0 aliphatic rings. The van der Waals surface area contributed by atoms with Crippen molar-refractivity contribution in [3.63, 3.8) is 0 Å². The first-order chi connectivity index (χ1) is 8.33. The summed E-state index contributed by atoms with van der Waals surface area (Å²) in [7, 11) is 0. The van der Waals surface area contributed by atoms with E-state index in [1.807, 2.05) is 19.1 Å². The first-order valence-electron chi connectivity index (χ1n) is 6.01. The summed E-state index contributed by atoms with van der Waals surface area (Å²) in [6.45, 7) is 4.68. The number of rotatable bonds is 5. The van der Waals surface area contributed by atoms with Gasteiger partial charge >= 0.3 is 5.95 Å². The number of hydrogen-bond donors (Lipinski definition) is 0. The van der Waals surface area contributed by atoms with Crippen LogP contribution in [0.1, 0.15) is 25.8 Å². The summed E-state index contributed by atoms with van der Waals surface area (Å²) in [4.78, 5) is 4.19. The van der Waals surface area contributed by atoms with Gasteiger partial charge in [-0.25, -0.2) is 4.98 Å². The molecule has 0 amide bonds. The van der Waals surface area contributed by atoms with E-state index in [1.165, 1.54) is 5.56 Å². The van der Waals surface area contributed by atoms with Crippen LogP contribution in [0.4, 0.5) is 0 Å².